The quantitative estimate of drug-likeness (QED) is 0.582. The molecular formula is C19H24O8. The van der Waals surface area contributed by atoms with Gasteiger partial charge in [-0.25, -0.2) is 4.79 Å². The summed E-state index contributed by atoms with van der Waals surface area (Å²) in [4.78, 5) is 12.8. The van der Waals surface area contributed by atoms with Crippen molar-refractivity contribution in [2.45, 2.75) is 70.0 Å². The van der Waals surface area contributed by atoms with Crippen LogP contribution in [0, 0.1) is 0 Å². The molecule has 0 N–H and O–H groups in total. The Kier molecular flexibility index (Phi) is 4.44. The lowest BCUT2D eigenvalue weighted by Crippen LogP contribution is -2.58. The third-order valence-corrected chi connectivity index (χ3v) is 4.66. The maximum absolute atomic E-state index is 12.8. The molecule has 3 aliphatic heterocycles. The SMILES string of the molecule is COc1ccc(OC(=O)[C@@H]2O[C@@H]3OC(C)(C)O[C@@H]3[C@@H]3OC(C)(C)O[C@H]32)cc1. The molecule has 1 aromatic carbocycles. The van der Waals surface area contributed by atoms with Crippen molar-refractivity contribution >= 4 is 5.97 Å². The average molecular weight is 380 g/mol. The van der Waals surface area contributed by atoms with Crippen LogP contribution in [0.1, 0.15) is 27.7 Å². The third-order valence-electron chi connectivity index (χ3n) is 4.66. The van der Waals surface area contributed by atoms with Crippen LogP contribution in [0.3, 0.4) is 0 Å². The first-order valence-electron chi connectivity index (χ1n) is 8.90. The first-order chi connectivity index (χ1) is 12.7. The van der Waals surface area contributed by atoms with Crippen LogP contribution in [0.4, 0.5) is 0 Å². The molecule has 3 heterocycles. The van der Waals surface area contributed by atoms with Gasteiger partial charge in [-0.2, -0.15) is 0 Å². The van der Waals surface area contributed by atoms with E-state index in [4.69, 9.17) is 33.2 Å². The fraction of sp³-hybridized carbons (Fsp3) is 0.632. The zero-order valence-corrected chi connectivity index (χ0v) is 16.0. The number of rotatable bonds is 3. The lowest BCUT2D eigenvalue weighted by atomic mass is 9.99. The van der Waals surface area contributed by atoms with Crippen LogP contribution in [0.5, 0.6) is 11.5 Å². The highest BCUT2D eigenvalue weighted by Gasteiger charge is 2.62. The molecular weight excluding hydrogens is 356 g/mol. The van der Waals surface area contributed by atoms with Gasteiger partial charge in [-0.05, 0) is 52.0 Å². The summed E-state index contributed by atoms with van der Waals surface area (Å²) in [5.41, 5.74) is 0. The molecule has 8 heteroatoms. The number of fused-ring (bicyclic) bond motifs is 3. The number of benzene rings is 1. The smallest absolute Gasteiger partial charge is 0.343 e. The topological polar surface area (TPSA) is 81.7 Å². The van der Waals surface area contributed by atoms with Crippen molar-refractivity contribution in [2.75, 3.05) is 7.11 Å². The Balaban J connectivity index is 1.55. The lowest BCUT2D eigenvalue weighted by molar-refractivity contribution is -0.236. The summed E-state index contributed by atoms with van der Waals surface area (Å²) >= 11 is 0. The van der Waals surface area contributed by atoms with E-state index in [9.17, 15) is 4.79 Å². The minimum atomic E-state index is -1.00. The predicted octanol–water partition coefficient (Wildman–Crippen LogP) is 2.00. The number of methoxy groups -OCH3 is 1. The summed E-state index contributed by atoms with van der Waals surface area (Å²) in [7, 11) is 1.57. The Labute approximate surface area is 157 Å². The van der Waals surface area contributed by atoms with Crippen LogP contribution >= 0.6 is 0 Å². The van der Waals surface area contributed by atoms with E-state index in [-0.39, 0.29) is 0 Å². The first kappa shape index (κ1) is 18.6. The lowest BCUT2D eigenvalue weighted by Gasteiger charge is -2.35. The summed E-state index contributed by atoms with van der Waals surface area (Å²) < 4.78 is 40.1. The van der Waals surface area contributed by atoms with Gasteiger partial charge in [-0.3, -0.25) is 0 Å². The van der Waals surface area contributed by atoms with Crippen LogP contribution < -0.4 is 9.47 Å². The minimum absolute atomic E-state index is 0.380. The number of carbonyl (C=O) groups is 1. The molecule has 0 radical (unpaired) electrons. The van der Waals surface area contributed by atoms with Gasteiger partial charge in [0.25, 0.3) is 0 Å². The number of ether oxygens (including phenoxy) is 7. The molecule has 5 atom stereocenters. The average Bonchev–Trinajstić information content (AvgIpc) is 3.08. The van der Waals surface area contributed by atoms with Crippen LogP contribution in [0.15, 0.2) is 24.3 Å². The van der Waals surface area contributed by atoms with Crippen LogP contribution in [0.2, 0.25) is 0 Å². The molecule has 3 fully saturated rings. The van der Waals surface area contributed by atoms with E-state index in [1.165, 1.54) is 0 Å². The molecule has 3 saturated heterocycles. The van der Waals surface area contributed by atoms with Crippen molar-refractivity contribution < 1.29 is 38.0 Å². The molecule has 27 heavy (non-hydrogen) atoms. The van der Waals surface area contributed by atoms with Crippen molar-refractivity contribution in [1.29, 1.82) is 0 Å². The van der Waals surface area contributed by atoms with Gasteiger partial charge in [0.2, 0.25) is 0 Å². The second kappa shape index (κ2) is 6.42. The first-order valence-corrected chi connectivity index (χ1v) is 8.90. The Bertz CT molecular complexity index is 713. The number of esters is 1. The molecule has 0 spiro atoms. The zero-order valence-electron chi connectivity index (χ0n) is 16.0. The molecule has 8 nitrogen and oxygen atoms in total. The highest BCUT2D eigenvalue weighted by Crippen LogP contribution is 2.44. The van der Waals surface area contributed by atoms with Crippen molar-refractivity contribution in [1.82, 2.24) is 0 Å². The maximum atomic E-state index is 12.8. The van der Waals surface area contributed by atoms with Crippen LogP contribution in [-0.2, 0) is 28.5 Å². The Morgan fingerprint density at radius 1 is 0.852 bits per heavy atom. The van der Waals surface area contributed by atoms with Crippen molar-refractivity contribution in [3.8, 4) is 11.5 Å². The van der Waals surface area contributed by atoms with E-state index in [0.29, 0.717) is 11.5 Å². The zero-order chi connectivity index (χ0) is 19.4. The molecule has 0 saturated carbocycles. The molecule has 0 bridgehead atoms. The highest BCUT2D eigenvalue weighted by atomic mass is 16.9. The molecule has 148 valence electrons. The Hall–Kier alpha value is -1.71. The summed E-state index contributed by atoms with van der Waals surface area (Å²) in [6, 6.07) is 6.71. The molecule has 0 unspecified atom stereocenters. The summed E-state index contributed by atoms with van der Waals surface area (Å²) in [6.45, 7) is 7.14. The van der Waals surface area contributed by atoms with Gasteiger partial charge in [0.1, 0.15) is 29.8 Å². The number of hydrogen-bond donors (Lipinski definition) is 0. The monoisotopic (exact) mass is 380 g/mol. The summed E-state index contributed by atoms with van der Waals surface area (Å²) in [5.74, 6) is -1.25. The van der Waals surface area contributed by atoms with Crippen LogP contribution in [-0.4, -0.2) is 55.4 Å². The molecule has 0 aliphatic carbocycles. The van der Waals surface area contributed by atoms with Gasteiger partial charge in [-0.15, -0.1) is 0 Å². The highest BCUT2D eigenvalue weighted by molar-refractivity contribution is 5.78. The minimum Gasteiger partial charge on any atom is -0.497 e. The van der Waals surface area contributed by atoms with E-state index in [2.05, 4.69) is 0 Å². The largest absolute Gasteiger partial charge is 0.497 e. The molecule has 3 aliphatic rings. The predicted molar refractivity (Wildman–Crippen MR) is 91.2 cm³/mol. The molecule has 4 rings (SSSR count). The molecule has 0 amide bonds. The van der Waals surface area contributed by atoms with Crippen molar-refractivity contribution in [2.24, 2.45) is 0 Å². The fourth-order valence-electron chi connectivity index (χ4n) is 3.62. The summed E-state index contributed by atoms with van der Waals surface area (Å²) in [5, 5.41) is 0. The number of hydrogen-bond acceptors (Lipinski definition) is 8. The second-order valence-electron chi connectivity index (χ2n) is 7.69. The summed E-state index contributed by atoms with van der Waals surface area (Å²) in [6.07, 6.45) is -3.40. The molecule has 1 aromatic rings. The van der Waals surface area contributed by atoms with E-state index >= 15 is 0 Å². The van der Waals surface area contributed by atoms with E-state index in [0.717, 1.165) is 0 Å². The maximum Gasteiger partial charge on any atom is 0.343 e. The molecule has 0 aromatic heterocycles. The van der Waals surface area contributed by atoms with Crippen molar-refractivity contribution in [3.05, 3.63) is 24.3 Å². The standard InChI is InChI=1S/C19H24O8/c1-18(2)24-12-13(25-18)15-17(27-19(3,4)26-15)23-14(12)16(20)22-11-8-6-10(21-5)7-9-11/h6-9,12-15,17H,1-5H3/t12-,13-,14-,15-,17-/m1/s1. The Morgan fingerprint density at radius 3 is 2.07 bits per heavy atom. The van der Waals surface area contributed by atoms with E-state index in [1.54, 1.807) is 59.1 Å². The van der Waals surface area contributed by atoms with E-state index < -0.39 is 48.2 Å². The number of carbonyl (C=O) groups excluding carboxylic acids is 1. The van der Waals surface area contributed by atoms with Gasteiger partial charge < -0.3 is 33.2 Å². The fourth-order valence-corrected chi connectivity index (χ4v) is 3.62. The normalized spacial score (nSPS) is 36.0. The van der Waals surface area contributed by atoms with Gasteiger partial charge >= 0.3 is 5.97 Å². The van der Waals surface area contributed by atoms with E-state index in [1.807, 2.05) is 0 Å². The van der Waals surface area contributed by atoms with Gasteiger partial charge in [0.05, 0.1) is 7.11 Å². The van der Waals surface area contributed by atoms with Crippen molar-refractivity contribution in [3.63, 3.8) is 0 Å². The van der Waals surface area contributed by atoms with Gasteiger partial charge in [0, 0.05) is 0 Å². The Morgan fingerprint density at radius 2 is 1.41 bits per heavy atom. The van der Waals surface area contributed by atoms with Gasteiger partial charge in [-0.1, -0.05) is 0 Å². The second-order valence-corrected chi connectivity index (χ2v) is 7.69. The third kappa shape index (κ3) is 3.55. The van der Waals surface area contributed by atoms with Crippen LogP contribution in [0.25, 0.3) is 0 Å². The van der Waals surface area contributed by atoms with Gasteiger partial charge in [0.15, 0.2) is 24.0 Å².